The highest BCUT2D eigenvalue weighted by molar-refractivity contribution is 7.20. The summed E-state index contributed by atoms with van der Waals surface area (Å²) < 4.78 is 6.99. The fourth-order valence-electron chi connectivity index (χ4n) is 3.59. The number of carboxylic acid groups (broad SMARTS) is 1. The van der Waals surface area contributed by atoms with Gasteiger partial charge in [0.05, 0.1) is 16.1 Å². The summed E-state index contributed by atoms with van der Waals surface area (Å²) in [4.78, 5) is 15.9. The Hall–Kier alpha value is -2.44. The second-order valence-electron chi connectivity index (χ2n) is 6.88. The molecule has 27 heavy (non-hydrogen) atoms. The first kappa shape index (κ1) is 17.9. The quantitative estimate of drug-likeness (QED) is 0.658. The number of aliphatic carboxylic acids is 1. The number of piperidine rings is 1. The molecular formula is C21H22N2O3S. The molecule has 1 aliphatic heterocycles. The number of nitrogens with one attached hydrogen (secondary N) is 1. The van der Waals surface area contributed by atoms with Crippen LogP contribution in [0.2, 0.25) is 0 Å². The maximum Gasteiger partial charge on any atom is 0.308 e. The van der Waals surface area contributed by atoms with Crippen LogP contribution in [0, 0.1) is 5.92 Å². The number of benzene rings is 2. The lowest BCUT2D eigenvalue weighted by molar-refractivity contribution is -0.143. The van der Waals surface area contributed by atoms with E-state index in [0.29, 0.717) is 5.19 Å². The minimum atomic E-state index is -0.688. The fourth-order valence-corrected chi connectivity index (χ4v) is 4.43. The van der Waals surface area contributed by atoms with Crippen LogP contribution in [0.25, 0.3) is 10.2 Å². The molecule has 0 radical (unpaired) electrons. The van der Waals surface area contributed by atoms with Crippen molar-refractivity contribution in [3.05, 3.63) is 54.1 Å². The Morgan fingerprint density at radius 1 is 1.22 bits per heavy atom. The predicted octanol–water partition coefficient (Wildman–Crippen LogP) is 4.47. The molecule has 0 spiro atoms. The minimum absolute atomic E-state index is 0.0509. The molecule has 2 atom stereocenters. The lowest BCUT2D eigenvalue weighted by Gasteiger charge is -2.29. The minimum Gasteiger partial charge on any atom is -0.481 e. The van der Waals surface area contributed by atoms with Crippen LogP contribution in [-0.2, 0) is 11.2 Å². The van der Waals surface area contributed by atoms with Crippen molar-refractivity contribution in [1.82, 2.24) is 10.3 Å². The molecule has 2 N–H and O–H groups in total. The van der Waals surface area contributed by atoms with Crippen molar-refractivity contribution in [2.75, 3.05) is 6.54 Å². The van der Waals surface area contributed by atoms with E-state index >= 15 is 0 Å². The zero-order chi connectivity index (χ0) is 18.6. The van der Waals surface area contributed by atoms with Gasteiger partial charge in [-0.1, -0.05) is 35.6 Å². The van der Waals surface area contributed by atoms with E-state index in [9.17, 15) is 9.90 Å². The molecule has 5 nitrogen and oxygen atoms in total. The van der Waals surface area contributed by atoms with Crippen LogP contribution in [0.5, 0.6) is 10.9 Å². The summed E-state index contributed by atoms with van der Waals surface area (Å²) in [6.45, 7) is 0.906. The molecule has 1 aromatic heterocycles. The number of thiazole rings is 1. The van der Waals surface area contributed by atoms with E-state index in [2.05, 4.69) is 10.3 Å². The molecular weight excluding hydrogens is 360 g/mol. The molecule has 140 valence electrons. The standard InChI is InChI=1S/C21H22N2O3S/c24-20(25)16-4-3-13-22-17(16)12-9-14-7-10-15(11-8-14)26-21-23-18-5-1-2-6-19(18)27-21/h1-2,5-8,10-11,16-17,22H,3-4,9,12-13H2,(H,24,25). The summed E-state index contributed by atoms with van der Waals surface area (Å²) in [7, 11) is 0. The zero-order valence-electron chi connectivity index (χ0n) is 14.9. The average molecular weight is 382 g/mol. The van der Waals surface area contributed by atoms with Gasteiger partial charge in [0.1, 0.15) is 5.75 Å². The van der Waals surface area contributed by atoms with Crippen molar-refractivity contribution in [3.8, 4) is 10.9 Å². The van der Waals surface area contributed by atoms with E-state index in [1.807, 2.05) is 48.5 Å². The molecule has 1 fully saturated rings. The number of carboxylic acids is 1. The third-order valence-corrected chi connectivity index (χ3v) is 5.96. The zero-order valence-corrected chi connectivity index (χ0v) is 15.7. The summed E-state index contributed by atoms with van der Waals surface area (Å²) >= 11 is 1.53. The van der Waals surface area contributed by atoms with Gasteiger partial charge in [0.25, 0.3) is 5.19 Å². The number of rotatable bonds is 6. The Labute approximate surface area is 162 Å². The maximum absolute atomic E-state index is 11.4. The second-order valence-corrected chi connectivity index (χ2v) is 7.87. The Morgan fingerprint density at radius 2 is 2.04 bits per heavy atom. The van der Waals surface area contributed by atoms with Crippen LogP contribution in [0.4, 0.5) is 0 Å². The van der Waals surface area contributed by atoms with Gasteiger partial charge in [-0.25, -0.2) is 4.98 Å². The molecule has 2 aromatic carbocycles. The largest absolute Gasteiger partial charge is 0.481 e. The summed E-state index contributed by atoms with van der Waals surface area (Å²) in [6, 6.07) is 16.0. The van der Waals surface area contributed by atoms with Gasteiger partial charge in [-0.05, 0) is 62.1 Å². The smallest absolute Gasteiger partial charge is 0.308 e. The molecule has 2 heterocycles. The van der Waals surface area contributed by atoms with Gasteiger partial charge in [0.15, 0.2) is 0 Å². The summed E-state index contributed by atoms with van der Waals surface area (Å²) in [6.07, 6.45) is 3.38. The monoisotopic (exact) mass is 382 g/mol. The molecule has 1 aliphatic rings. The van der Waals surface area contributed by atoms with Crippen LogP contribution in [0.3, 0.4) is 0 Å². The molecule has 3 aromatic rings. The van der Waals surface area contributed by atoms with E-state index in [0.717, 1.165) is 48.2 Å². The highest BCUT2D eigenvalue weighted by atomic mass is 32.1. The number of hydrogen-bond acceptors (Lipinski definition) is 5. The van der Waals surface area contributed by atoms with Crippen molar-refractivity contribution in [3.63, 3.8) is 0 Å². The number of aromatic nitrogens is 1. The number of ether oxygens (including phenoxy) is 1. The van der Waals surface area contributed by atoms with Crippen molar-refractivity contribution in [2.24, 2.45) is 5.92 Å². The van der Waals surface area contributed by atoms with Crippen LogP contribution >= 0.6 is 11.3 Å². The third-order valence-electron chi connectivity index (χ3n) is 5.05. The number of nitrogens with zero attached hydrogens (tertiary/aromatic N) is 1. The molecule has 0 saturated carbocycles. The number of hydrogen-bond donors (Lipinski definition) is 2. The molecule has 6 heteroatoms. The van der Waals surface area contributed by atoms with E-state index in [-0.39, 0.29) is 12.0 Å². The summed E-state index contributed by atoms with van der Waals surface area (Å²) in [5, 5.41) is 13.4. The number of aryl methyl sites for hydroxylation is 1. The maximum atomic E-state index is 11.4. The normalized spacial score (nSPS) is 19.9. The Balaban J connectivity index is 1.36. The van der Waals surface area contributed by atoms with Crippen molar-refractivity contribution >= 4 is 27.5 Å². The fraction of sp³-hybridized carbons (Fsp3) is 0.333. The molecule has 0 amide bonds. The summed E-state index contributed by atoms with van der Waals surface area (Å²) in [5.41, 5.74) is 2.13. The first-order chi connectivity index (χ1) is 13.2. The van der Waals surface area contributed by atoms with Gasteiger partial charge in [-0.15, -0.1) is 0 Å². The van der Waals surface area contributed by atoms with E-state index in [1.165, 1.54) is 16.9 Å². The molecule has 2 unspecified atom stereocenters. The lowest BCUT2D eigenvalue weighted by Crippen LogP contribution is -2.44. The third kappa shape index (κ3) is 4.28. The van der Waals surface area contributed by atoms with Crippen LogP contribution in [0.1, 0.15) is 24.8 Å². The average Bonchev–Trinajstić information content (AvgIpc) is 3.10. The Morgan fingerprint density at radius 3 is 2.81 bits per heavy atom. The van der Waals surface area contributed by atoms with Gasteiger partial charge >= 0.3 is 5.97 Å². The van der Waals surface area contributed by atoms with Crippen molar-refractivity contribution in [1.29, 1.82) is 0 Å². The van der Waals surface area contributed by atoms with Gasteiger partial charge in [-0.2, -0.15) is 0 Å². The van der Waals surface area contributed by atoms with Gasteiger partial charge < -0.3 is 15.2 Å². The van der Waals surface area contributed by atoms with E-state index in [4.69, 9.17) is 4.74 Å². The lowest BCUT2D eigenvalue weighted by atomic mass is 9.87. The van der Waals surface area contributed by atoms with Crippen LogP contribution < -0.4 is 10.1 Å². The number of para-hydroxylation sites is 1. The Bertz CT molecular complexity index is 890. The first-order valence-electron chi connectivity index (χ1n) is 9.27. The van der Waals surface area contributed by atoms with Crippen molar-refractivity contribution in [2.45, 2.75) is 31.7 Å². The molecule has 0 bridgehead atoms. The van der Waals surface area contributed by atoms with Gasteiger partial charge in [-0.3, -0.25) is 4.79 Å². The predicted molar refractivity (Wildman–Crippen MR) is 107 cm³/mol. The SMILES string of the molecule is O=C(O)C1CCCNC1CCc1ccc(Oc2nc3ccccc3s2)cc1. The first-order valence-corrected chi connectivity index (χ1v) is 10.1. The van der Waals surface area contributed by atoms with Crippen LogP contribution in [0.15, 0.2) is 48.5 Å². The number of carbonyl (C=O) groups is 1. The topological polar surface area (TPSA) is 71.5 Å². The van der Waals surface area contributed by atoms with Crippen LogP contribution in [-0.4, -0.2) is 28.6 Å². The Kier molecular flexibility index (Phi) is 5.36. The summed E-state index contributed by atoms with van der Waals surface area (Å²) in [5.74, 6) is -0.204. The highest BCUT2D eigenvalue weighted by Crippen LogP contribution is 2.31. The van der Waals surface area contributed by atoms with E-state index in [1.54, 1.807) is 0 Å². The highest BCUT2D eigenvalue weighted by Gasteiger charge is 2.29. The molecule has 1 saturated heterocycles. The number of fused-ring (bicyclic) bond motifs is 1. The van der Waals surface area contributed by atoms with Gasteiger partial charge in [0, 0.05) is 6.04 Å². The van der Waals surface area contributed by atoms with Crippen molar-refractivity contribution < 1.29 is 14.6 Å². The van der Waals surface area contributed by atoms with E-state index < -0.39 is 5.97 Å². The molecule has 0 aliphatic carbocycles. The molecule has 4 rings (SSSR count). The van der Waals surface area contributed by atoms with Gasteiger partial charge in [0.2, 0.25) is 0 Å². The second kappa shape index (κ2) is 8.06.